The van der Waals surface area contributed by atoms with Gasteiger partial charge in [0.25, 0.3) is 0 Å². The Labute approximate surface area is 114 Å². The predicted octanol–water partition coefficient (Wildman–Crippen LogP) is 1.89. The summed E-state index contributed by atoms with van der Waals surface area (Å²) in [7, 11) is 0. The second-order valence-corrected chi connectivity index (χ2v) is 3.87. The molecule has 1 aromatic carbocycles. The van der Waals surface area contributed by atoms with Crippen LogP contribution in [0.2, 0.25) is 0 Å². The van der Waals surface area contributed by atoms with Gasteiger partial charge in [0.05, 0.1) is 0 Å². The van der Waals surface area contributed by atoms with Crippen molar-refractivity contribution in [3.05, 3.63) is 30.4 Å². The fourth-order valence-corrected chi connectivity index (χ4v) is 1.67. The third-order valence-electron chi connectivity index (χ3n) is 2.45. The van der Waals surface area contributed by atoms with Crippen LogP contribution in [0.1, 0.15) is 10.4 Å². The van der Waals surface area contributed by atoms with Crippen molar-refractivity contribution < 1.29 is 28.9 Å². The van der Waals surface area contributed by atoms with E-state index in [0.29, 0.717) is 6.61 Å². The molecular formula is C13H13NO6. The molecule has 1 heterocycles. The monoisotopic (exact) mass is 279 g/mol. The molecule has 1 aliphatic heterocycles. The lowest BCUT2D eigenvalue weighted by Crippen LogP contribution is -2.19. The van der Waals surface area contributed by atoms with Gasteiger partial charge in [-0.3, -0.25) is 5.32 Å². The summed E-state index contributed by atoms with van der Waals surface area (Å²) in [6, 6.07) is 2.76. The normalized spacial score (nSPS) is 12.4. The summed E-state index contributed by atoms with van der Waals surface area (Å²) in [6.07, 6.45) is 0.712. The van der Waals surface area contributed by atoms with E-state index in [4.69, 9.17) is 19.3 Å². The van der Waals surface area contributed by atoms with Gasteiger partial charge in [-0.25, -0.2) is 9.59 Å². The molecular weight excluding hydrogens is 266 g/mol. The van der Waals surface area contributed by atoms with Crippen LogP contribution in [-0.2, 0) is 4.74 Å². The van der Waals surface area contributed by atoms with Gasteiger partial charge in [0.2, 0.25) is 0 Å². The zero-order chi connectivity index (χ0) is 14.5. The first kappa shape index (κ1) is 13.7. The van der Waals surface area contributed by atoms with Gasteiger partial charge >= 0.3 is 12.1 Å². The first-order valence-electron chi connectivity index (χ1n) is 5.83. The lowest BCUT2D eigenvalue weighted by Gasteiger charge is -2.21. The number of fused-ring (bicyclic) bond motifs is 1. The Morgan fingerprint density at radius 3 is 2.85 bits per heavy atom. The lowest BCUT2D eigenvalue weighted by molar-refractivity contribution is 0.0686. The van der Waals surface area contributed by atoms with Crippen LogP contribution < -0.4 is 14.8 Å². The van der Waals surface area contributed by atoms with Crippen LogP contribution in [0.15, 0.2) is 24.8 Å². The molecule has 0 bridgehead atoms. The fraction of sp³-hybridized carbons (Fsp3) is 0.231. The number of anilines is 1. The average Bonchev–Trinajstić information content (AvgIpc) is 2.44. The van der Waals surface area contributed by atoms with Crippen molar-refractivity contribution in [2.75, 3.05) is 25.1 Å². The van der Waals surface area contributed by atoms with Gasteiger partial charge in [-0.2, -0.15) is 0 Å². The number of rotatable bonds is 4. The predicted molar refractivity (Wildman–Crippen MR) is 69.6 cm³/mol. The molecule has 1 aromatic rings. The van der Waals surface area contributed by atoms with Crippen LogP contribution in [0.5, 0.6) is 11.5 Å². The summed E-state index contributed by atoms with van der Waals surface area (Å²) in [5.74, 6) is -0.737. The summed E-state index contributed by atoms with van der Waals surface area (Å²) < 4.78 is 15.4. The van der Waals surface area contributed by atoms with E-state index in [1.807, 2.05) is 0 Å². The van der Waals surface area contributed by atoms with Gasteiger partial charge in [0.15, 0.2) is 11.5 Å². The van der Waals surface area contributed by atoms with E-state index >= 15 is 0 Å². The molecule has 0 aliphatic carbocycles. The minimum absolute atomic E-state index is 0.0577. The van der Waals surface area contributed by atoms with Crippen LogP contribution in [0.3, 0.4) is 0 Å². The maximum absolute atomic E-state index is 11.4. The zero-order valence-corrected chi connectivity index (χ0v) is 10.5. The van der Waals surface area contributed by atoms with Gasteiger partial charge in [-0.05, 0) is 6.07 Å². The van der Waals surface area contributed by atoms with Gasteiger partial charge in [-0.1, -0.05) is 12.7 Å². The van der Waals surface area contributed by atoms with Crippen LogP contribution in [0.25, 0.3) is 0 Å². The van der Waals surface area contributed by atoms with E-state index in [2.05, 4.69) is 11.9 Å². The van der Waals surface area contributed by atoms with Crippen molar-refractivity contribution in [2.24, 2.45) is 0 Å². The van der Waals surface area contributed by atoms with Crippen LogP contribution >= 0.6 is 0 Å². The summed E-state index contributed by atoms with van der Waals surface area (Å²) in [5.41, 5.74) is 0.168. The number of hydrogen-bond donors (Lipinski definition) is 2. The number of carbonyl (C=O) groups is 2. The molecule has 0 spiro atoms. The Hall–Kier alpha value is -2.70. The molecule has 1 amide bonds. The van der Waals surface area contributed by atoms with Gasteiger partial charge < -0.3 is 19.3 Å². The van der Waals surface area contributed by atoms with E-state index in [0.717, 1.165) is 0 Å². The maximum atomic E-state index is 11.4. The molecule has 0 aromatic heterocycles. The number of nitrogens with one attached hydrogen (secondary N) is 1. The number of carbonyl (C=O) groups excluding carboxylic acids is 1. The Kier molecular flexibility index (Phi) is 4.09. The van der Waals surface area contributed by atoms with Crippen molar-refractivity contribution in [3.8, 4) is 11.5 Å². The van der Waals surface area contributed by atoms with Gasteiger partial charge in [0.1, 0.15) is 25.4 Å². The third kappa shape index (κ3) is 3.00. The molecule has 7 heteroatoms. The largest absolute Gasteiger partial charge is 0.486 e. The quantitative estimate of drug-likeness (QED) is 0.817. The van der Waals surface area contributed by atoms with Crippen molar-refractivity contribution in [1.82, 2.24) is 0 Å². The second-order valence-electron chi connectivity index (χ2n) is 3.87. The minimum atomic E-state index is -1.17. The van der Waals surface area contributed by atoms with E-state index in [1.54, 1.807) is 0 Å². The molecule has 2 rings (SSSR count). The molecule has 106 valence electrons. The summed E-state index contributed by atoms with van der Waals surface area (Å²) in [4.78, 5) is 22.6. The molecule has 0 atom stereocenters. The number of carboxylic acids is 1. The van der Waals surface area contributed by atoms with Crippen molar-refractivity contribution in [1.29, 1.82) is 0 Å². The van der Waals surface area contributed by atoms with Crippen LogP contribution in [0, 0.1) is 0 Å². The minimum Gasteiger partial charge on any atom is -0.486 e. The first-order chi connectivity index (χ1) is 9.61. The van der Waals surface area contributed by atoms with E-state index in [1.165, 1.54) is 18.2 Å². The second kappa shape index (κ2) is 5.96. The Morgan fingerprint density at radius 2 is 2.15 bits per heavy atom. The molecule has 0 fully saturated rings. The van der Waals surface area contributed by atoms with Gasteiger partial charge in [0, 0.05) is 11.8 Å². The molecule has 7 nitrogen and oxygen atoms in total. The van der Waals surface area contributed by atoms with Crippen LogP contribution in [0.4, 0.5) is 10.5 Å². The Morgan fingerprint density at radius 1 is 1.40 bits per heavy atom. The highest BCUT2D eigenvalue weighted by atomic mass is 16.6. The molecule has 0 saturated carbocycles. The van der Waals surface area contributed by atoms with E-state index in [-0.39, 0.29) is 36.0 Å². The van der Waals surface area contributed by atoms with Crippen molar-refractivity contribution >= 4 is 17.7 Å². The SMILES string of the molecule is C=CCOC(=O)Nc1cc2c(c(C(=O)O)c1)OCCO2. The first-order valence-corrected chi connectivity index (χ1v) is 5.83. The highest BCUT2D eigenvalue weighted by Gasteiger charge is 2.22. The summed E-state index contributed by atoms with van der Waals surface area (Å²) in [5, 5.41) is 11.6. The fourth-order valence-electron chi connectivity index (χ4n) is 1.67. The number of carboxylic acid groups (broad SMARTS) is 1. The van der Waals surface area contributed by atoms with Crippen LogP contribution in [-0.4, -0.2) is 37.0 Å². The number of ether oxygens (including phenoxy) is 3. The molecule has 1 aliphatic rings. The molecule has 0 radical (unpaired) electrons. The number of aromatic carboxylic acids is 1. The molecule has 0 unspecified atom stereocenters. The molecule has 0 saturated heterocycles. The van der Waals surface area contributed by atoms with E-state index < -0.39 is 12.1 Å². The number of hydrogen-bond acceptors (Lipinski definition) is 5. The topological polar surface area (TPSA) is 94.1 Å². The highest BCUT2D eigenvalue weighted by molar-refractivity contribution is 5.95. The van der Waals surface area contributed by atoms with E-state index in [9.17, 15) is 9.59 Å². The zero-order valence-electron chi connectivity index (χ0n) is 10.5. The summed E-state index contributed by atoms with van der Waals surface area (Å²) in [6.45, 7) is 4.07. The summed E-state index contributed by atoms with van der Waals surface area (Å²) >= 11 is 0. The number of amides is 1. The van der Waals surface area contributed by atoms with Crippen molar-refractivity contribution in [2.45, 2.75) is 0 Å². The standard InChI is InChI=1S/C13H13NO6/c1-2-3-20-13(17)14-8-6-9(12(15)16)11-10(7-8)18-4-5-19-11/h2,6-7H,1,3-5H2,(H,14,17)(H,15,16). The molecule has 20 heavy (non-hydrogen) atoms. The third-order valence-corrected chi connectivity index (χ3v) is 2.45. The average molecular weight is 279 g/mol. The van der Waals surface area contributed by atoms with Gasteiger partial charge in [-0.15, -0.1) is 0 Å². The maximum Gasteiger partial charge on any atom is 0.411 e. The lowest BCUT2D eigenvalue weighted by atomic mass is 10.1. The smallest absolute Gasteiger partial charge is 0.411 e. The number of benzene rings is 1. The molecule has 2 N–H and O–H groups in total. The Bertz CT molecular complexity index is 554. The highest BCUT2D eigenvalue weighted by Crippen LogP contribution is 2.37. The van der Waals surface area contributed by atoms with Crippen molar-refractivity contribution in [3.63, 3.8) is 0 Å². The Balaban J connectivity index is 2.26.